The first kappa shape index (κ1) is 12.3. The Morgan fingerprint density at radius 3 is 2.50 bits per heavy atom. The van der Waals surface area contributed by atoms with Gasteiger partial charge in [-0.3, -0.25) is 4.57 Å². The lowest BCUT2D eigenvalue weighted by molar-refractivity contribution is 0.900. The summed E-state index contributed by atoms with van der Waals surface area (Å²) < 4.78 is 1.87. The average Bonchev–Trinajstić information content (AvgIpc) is 2.86. The summed E-state index contributed by atoms with van der Waals surface area (Å²) in [5.74, 6) is 1.40. The SMILES string of the molecule is Cc1cc(C)nc(-n2ccnc2-c2cccc(N)c2)n1. The van der Waals surface area contributed by atoms with Crippen LogP contribution < -0.4 is 5.73 Å². The predicted molar refractivity (Wildman–Crippen MR) is 78.5 cm³/mol. The summed E-state index contributed by atoms with van der Waals surface area (Å²) in [5.41, 5.74) is 9.34. The van der Waals surface area contributed by atoms with Gasteiger partial charge in [0, 0.05) is 35.0 Å². The van der Waals surface area contributed by atoms with Crippen LogP contribution in [-0.4, -0.2) is 19.5 Å². The third-order valence-corrected chi connectivity index (χ3v) is 2.97. The highest BCUT2D eigenvalue weighted by Crippen LogP contribution is 2.21. The number of nitrogens with two attached hydrogens (primary N) is 1. The molecule has 1 aromatic carbocycles. The fourth-order valence-electron chi connectivity index (χ4n) is 2.17. The first-order valence-electron chi connectivity index (χ1n) is 6.35. The molecule has 0 fully saturated rings. The highest BCUT2D eigenvalue weighted by molar-refractivity contribution is 5.62. The van der Waals surface area contributed by atoms with Crippen molar-refractivity contribution in [3.8, 4) is 17.3 Å². The van der Waals surface area contributed by atoms with Crippen LogP contribution >= 0.6 is 0 Å². The number of rotatable bonds is 2. The van der Waals surface area contributed by atoms with Gasteiger partial charge in [0.2, 0.25) is 5.95 Å². The Hall–Kier alpha value is -2.69. The molecule has 2 aromatic heterocycles. The van der Waals surface area contributed by atoms with Crippen LogP contribution in [0.3, 0.4) is 0 Å². The number of imidazole rings is 1. The van der Waals surface area contributed by atoms with Crippen molar-refractivity contribution >= 4 is 5.69 Å². The first-order chi connectivity index (χ1) is 9.63. The molecule has 5 heteroatoms. The summed E-state index contributed by atoms with van der Waals surface area (Å²) in [6.45, 7) is 3.91. The van der Waals surface area contributed by atoms with Crippen molar-refractivity contribution in [3.63, 3.8) is 0 Å². The maximum atomic E-state index is 5.83. The summed E-state index contributed by atoms with van der Waals surface area (Å²) in [7, 11) is 0. The number of aromatic nitrogens is 4. The fourth-order valence-corrected chi connectivity index (χ4v) is 2.17. The molecule has 0 bridgehead atoms. The number of anilines is 1. The molecule has 0 radical (unpaired) electrons. The second kappa shape index (κ2) is 4.77. The minimum absolute atomic E-state index is 0.623. The third-order valence-electron chi connectivity index (χ3n) is 2.97. The molecule has 0 aliphatic heterocycles. The van der Waals surface area contributed by atoms with E-state index in [1.54, 1.807) is 6.20 Å². The molecule has 0 aliphatic rings. The Bertz CT molecular complexity index is 740. The number of nitrogens with zero attached hydrogens (tertiary/aromatic N) is 4. The second-order valence-corrected chi connectivity index (χ2v) is 4.70. The molecular weight excluding hydrogens is 250 g/mol. The Morgan fingerprint density at radius 2 is 1.80 bits per heavy atom. The molecular formula is C15H15N5. The molecule has 0 unspecified atom stereocenters. The molecule has 3 aromatic rings. The van der Waals surface area contributed by atoms with Gasteiger partial charge in [-0.05, 0) is 32.0 Å². The van der Waals surface area contributed by atoms with Gasteiger partial charge in [-0.2, -0.15) is 0 Å². The zero-order valence-corrected chi connectivity index (χ0v) is 11.4. The van der Waals surface area contributed by atoms with Gasteiger partial charge in [0.15, 0.2) is 0 Å². The summed E-state index contributed by atoms with van der Waals surface area (Å²) >= 11 is 0. The highest BCUT2D eigenvalue weighted by atomic mass is 15.2. The van der Waals surface area contributed by atoms with Crippen molar-refractivity contribution in [2.75, 3.05) is 5.73 Å². The van der Waals surface area contributed by atoms with E-state index in [-0.39, 0.29) is 0 Å². The van der Waals surface area contributed by atoms with Crippen molar-refractivity contribution < 1.29 is 0 Å². The third kappa shape index (κ3) is 2.25. The van der Waals surface area contributed by atoms with Crippen LogP contribution in [0.15, 0.2) is 42.7 Å². The van der Waals surface area contributed by atoms with E-state index in [9.17, 15) is 0 Å². The molecule has 5 nitrogen and oxygen atoms in total. The van der Waals surface area contributed by atoms with Crippen LogP contribution in [-0.2, 0) is 0 Å². The summed E-state index contributed by atoms with van der Waals surface area (Å²) in [5, 5.41) is 0. The molecule has 0 spiro atoms. The molecule has 0 amide bonds. The van der Waals surface area contributed by atoms with Gasteiger partial charge in [0.1, 0.15) is 5.82 Å². The molecule has 3 rings (SSSR count). The normalized spacial score (nSPS) is 10.7. The number of benzene rings is 1. The van der Waals surface area contributed by atoms with E-state index in [2.05, 4.69) is 15.0 Å². The van der Waals surface area contributed by atoms with Crippen LogP contribution in [0.5, 0.6) is 0 Å². The van der Waals surface area contributed by atoms with E-state index in [1.807, 2.05) is 54.9 Å². The standard InChI is InChI=1S/C15H15N5/c1-10-8-11(2)19-15(18-10)20-7-6-17-14(20)12-4-3-5-13(16)9-12/h3-9H,16H2,1-2H3. The number of hydrogen-bond acceptors (Lipinski definition) is 4. The van der Waals surface area contributed by atoms with E-state index in [4.69, 9.17) is 5.73 Å². The van der Waals surface area contributed by atoms with E-state index in [0.717, 1.165) is 22.8 Å². The molecule has 0 saturated heterocycles. The lowest BCUT2D eigenvalue weighted by Crippen LogP contribution is -2.04. The Morgan fingerprint density at radius 1 is 1.05 bits per heavy atom. The van der Waals surface area contributed by atoms with Gasteiger partial charge in [-0.15, -0.1) is 0 Å². The molecule has 100 valence electrons. The number of nitrogen functional groups attached to an aromatic ring is 1. The van der Waals surface area contributed by atoms with Crippen molar-refractivity contribution in [2.45, 2.75) is 13.8 Å². The van der Waals surface area contributed by atoms with E-state index in [0.29, 0.717) is 11.6 Å². The average molecular weight is 265 g/mol. The lowest BCUT2D eigenvalue weighted by Gasteiger charge is -2.08. The van der Waals surface area contributed by atoms with E-state index < -0.39 is 0 Å². The van der Waals surface area contributed by atoms with Crippen LogP contribution in [0.4, 0.5) is 5.69 Å². The van der Waals surface area contributed by atoms with Gasteiger partial charge in [-0.25, -0.2) is 15.0 Å². The topological polar surface area (TPSA) is 69.6 Å². The second-order valence-electron chi connectivity index (χ2n) is 4.70. The minimum Gasteiger partial charge on any atom is -0.399 e. The number of hydrogen-bond donors (Lipinski definition) is 1. The first-order valence-corrected chi connectivity index (χ1v) is 6.35. The van der Waals surface area contributed by atoms with Crippen LogP contribution in [0.1, 0.15) is 11.4 Å². The summed E-state index contributed by atoms with van der Waals surface area (Å²) in [6.07, 6.45) is 3.59. The van der Waals surface area contributed by atoms with Crippen molar-refractivity contribution in [3.05, 3.63) is 54.1 Å². The van der Waals surface area contributed by atoms with Crippen LogP contribution in [0.2, 0.25) is 0 Å². The van der Waals surface area contributed by atoms with Gasteiger partial charge in [-0.1, -0.05) is 12.1 Å². The molecule has 20 heavy (non-hydrogen) atoms. The zero-order valence-electron chi connectivity index (χ0n) is 11.4. The van der Waals surface area contributed by atoms with Gasteiger partial charge < -0.3 is 5.73 Å². The molecule has 0 aliphatic carbocycles. The minimum atomic E-state index is 0.623. The molecule has 2 N–H and O–H groups in total. The van der Waals surface area contributed by atoms with E-state index >= 15 is 0 Å². The summed E-state index contributed by atoms with van der Waals surface area (Å²) in [4.78, 5) is 13.3. The summed E-state index contributed by atoms with van der Waals surface area (Å²) in [6, 6.07) is 9.57. The van der Waals surface area contributed by atoms with Crippen molar-refractivity contribution in [1.82, 2.24) is 19.5 Å². The van der Waals surface area contributed by atoms with Crippen molar-refractivity contribution in [2.24, 2.45) is 0 Å². The number of aryl methyl sites for hydroxylation is 2. The van der Waals surface area contributed by atoms with Gasteiger partial charge in [0.25, 0.3) is 0 Å². The molecule has 0 saturated carbocycles. The quantitative estimate of drug-likeness (QED) is 0.723. The monoisotopic (exact) mass is 265 g/mol. The Kier molecular flexibility index (Phi) is 2.95. The fraction of sp³-hybridized carbons (Fsp3) is 0.133. The van der Waals surface area contributed by atoms with Crippen molar-refractivity contribution in [1.29, 1.82) is 0 Å². The largest absolute Gasteiger partial charge is 0.399 e. The van der Waals surface area contributed by atoms with E-state index in [1.165, 1.54) is 0 Å². The Labute approximate surface area is 117 Å². The molecule has 0 atom stereocenters. The van der Waals surface area contributed by atoms with Crippen LogP contribution in [0.25, 0.3) is 17.3 Å². The van der Waals surface area contributed by atoms with Gasteiger partial charge >= 0.3 is 0 Å². The van der Waals surface area contributed by atoms with Gasteiger partial charge in [0.05, 0.1) is 0 Å². The zero-order chi connectivity index (χ0) is 14.1. The highest BCUT2D eigenvalue weighted by Gasteiger charge is 2.10. The maximum absolute atomic E-state index is 5.83. The molecule has 2 heterocycles. The Balaban J connectivity index is 2.15. The lowest BCUT2D eigenvalue weighted by atomic mass is 10.2. The van der Waals surface area contributed by atoms with Crippen LogP contribution in [0, 0.1) is 13.8 Å². The maximum Gasteiger partial charge on any atom is 0.235 e. The smallest absolute Gasteiger partial charge is 0.235 e. The predicted octanol–water partition coefficient (Wildman–Crippen LogP) is 2.53.